The molecule has 0 radical (unpaired) electrons. The second kappa shape index (κ2) is 7.78. The molecule has 1 aromatic heterocycles. The smallest absolute Gasteiger partial charge is 0.254 e. The number of hydrogen-bond donors (Lipinski definition) is 0. The van der Waals surface area contributed by atoms with E-state index in [4.69, 9.17) is 9.15 Å². The number of rotatable bonds is 7. The summed E-state index contributed by atoms with van der Waals surface area (Å²) in [6.07, 6.45) is 3.62. The fraction of sp³-hybridized carbons (Fsp3) is 0.316. The zero-order valence-corrected chi connectivity index (χ0v) is 15.2. The van der Waals surface area contributed by atoms with Crippen LogP contribution in [0.3, 0.4) is 0 Å². The highest BCUT2D eigenvalue weighted by Crippen LogP contribution is 2.23. The van der Waals surface area contributed by atoms with E-state index in [2.05, 4.69) is 6.58 Å². The molecule has 1 aliphatic heterocycles. The van der Waals surface area contributed by atoms with Crippen molar-refractivity contribution in [2.45, 2.75) is 19.0 Å². The fourth-order valence-corrected chi connectivity index (χ4v) is 4.70. The molecule has 1 aromatic carbocycles. The van der Waals surface area contributed by atoms with Crippen LogP contribution < -0.4 is 4.74 Å². The minimum absolute atomic E-state index is 0.0139. The van der Waals surface area contributed by atoms with Crippen LogP contribution in [0.4, 0.5) is 0 Å². The maximum Gasteiger partial charge on any atom is 0.254 e. The van der Waals surface area contributed by atoms with Gasteiger partial charge in [-0.1, -0.05) is 12.7 Å². The van der Waals surface area contributed by atoms with Gasteiger partial charge in [0.05, 0.1) is 24.3 Å². The topological polar surface area (TPSA) is 76.8 Å². The molecule has 138 valence electrons. The largest absolute Gasteiger partial charge is 0.490 e. The van der Waals surface area contributed by atoms with Crippen molar-refractivity contribution in [2.24, 2.45) is 0 Å². The van der Waals surface area contributed by atoms with Crippen LogP contribution in [0, 0.1) is 0 Å². The number of carbonyl (C=O) groups excluding carboxylic acids is 1. The van der Waals surface area contributed by atoms with Gasteiger partial charge in [-0.3, -0.25) is 4.79 Å². The van der Waals surface area contributed by atoms with Crippen LogP contribution in [0.15, 0.2) is 59.7 Å². The predicted molar refractivity (Wildman–Crippen MR) is 97.8 cm³/mol. The highest BCUT2D eigenvalue weighted by atomic mass is 32.2. The third kappa shape index (κ3) is 4.35. The van der Waals surface area contributed by atoms with Gasteiger partial charge in [0.15, 0.2) is 9.84 Å². The minimum atomic E-state index is -3.11. The first-order valence-electron chi connectivity index (χ1n) is 8.36. The number of hydrogen-bond acceptors (Lipinski definition) is 5. The number of sulfone groups is 1. The van der Waals surface area contributed by atoms with Gasteiger partial charge in [0.1, 0.15) is 18.1 Å². The Bertz CT molecular complexity index is 856. The van der Waals surface area contributed by atoms with Crippen molar-refractivity contribution in [1.82, 2.24) is 4.90 Å². The van der Waals surface area contributed by atoms with E-state index in [0.717, 1.165) is 0 Å². The van der Waals surface area contributed by atoms with Gasteiger partial charge in [-0.15, -0.1) is 0 Å². The molecule has 6 nitrogen and oxygen atoms in total. The molecule has 26 heavy (non-hydrogen) atoms. The number of nitrogens with zero attached hydrogens (tertiary/aromatic N) is 1. The summed E-state index contributed by atoms with van der Waals surface area (Å²) in [6, 6.07) is 9.96. The van der Waals surface area contributed by atoms with Crippen LogP contribution >= 0.6 is 0 Å². The fourth-order valence-electron chi connectivity index (χ4n) is 2.97. The van der Waals surface area contributed by atoms with E-state index in [-0.39, 0.29) is 30.0 Å². The average Bonchev–Trinajstić information content (AvgIpc) is 3.27. The van der Waals surface area contributed by atoms with E-state index in [1.165, 1.54) is 6.26 Å². The van der Waals surface area contributed by atoms with Gasteiger partial charge < -0.3 is 14.1 Å². The summed E-state index contributed by atoms with van der Waals surface area (Å²) >= 11 is 0. The Kier molecular flexibility index (Phi) is 5.46. The summed E-state index contributed by atoms with van der Waals surface area (Å²) in [5.74, 6) is 1.13. The van der Waals surface area contributed by atoms with E-state index in [1.807, 2.05) is 0 Å². The molecule has 3 rings (SSSR count). The zero-order chi connectivity index (χ0) is 18.6. The molecule has 0 bridgehead atoms. The molecule has 2 aromatic rings. The SMILES string of the molecule is C=CCOc1ccc(C(=O)N(Cc2ccco2)[C@@H]2CCS(=O)(=O)C2)cc1. The van der Waals surface area contributed by atoms with Crippen molar-refractivity contribution < 1.29 is 22.4 Å². The van der Waals surface area contributed by atoms with E-state index in [1.54, 1.807) is 47.4 Å². The summed E-state index contributed by atoms with van der Waals surface area (Å²) in [5.41, 5.74) is 0.479. The van der Waals surface area contributed by atoms with E-state index in [9.17, 15) is 13.2 Å². The van der Waals surface area contributed by atoms with Gasteiger partial charge in [0.2, 0.25) is 0 Å². The van der Waals surface area contributed by atoms with Crippen LogP contribution in [0.25, 0.3) is 0 Å². The van der Waals surface area contributed by atoms with Crippen molar-refractivity contribution in [1.29, 1.82) is 0 Å². The van der Waals surface area contributed by atoms with Crippen LogP contribution in [0.2, 0.25) is 0 Å². The molecule has 0 unspecified atom stereocenters. The van der Waals surface area contributed by atoms with Gasteiger partial charge in [-0.25, -0.2) is 8.42 Å². The Morgan fingerprint density at radius 1 is 1.31 bits per heavy atom. The maximum absolute atomic E-state index is 13.0. The number of carbonyl (C=O) groups is 1. The quantitative estimate of drug-likeness (QED) is 0.696. The summed E-state index contributed by atoms with van der Waals surface area (Å²) < 4.78 is 34.5. The molecular weight excluding hydrogens is 354 g/mol. The van der Waals surface area contributed by atoms with Gasteiger partial charge in [0.25, 0.3) is 5.91 Å². The Morgan fingerprint density at radius 3 is 2.65 bits per heavy atom. The van der Waals surface area contributed by atoms with Gasteiger partial charge in [-0.05, 0) is 42.8 Å². The van der Waals surface area contributed by atoms with Crippen LogP contribution in [0.5, 0.6) is 5.75 Å². The lowest BCUT2D eigenvalue weighted by Crippen LogP contribution is -2.40. The average molecular weight is 375 g/mol. The molecule has 2 heterocycles. The molecule has 1 amide bonds. The van der Waals surface area contributed by atoms with Crippen LogP contribution in [-0.4, -0.2) is 43.4 Å². The molecule has 0 saturated carbocycles. The Labute approximate surface area is 153 Å². The minimum Gasteiger partial charge on any atom is -0.490 e. The Hall–Kier alpha value is -2.54. The van der Waals surface area contributed by atoms with Crippen molar-refractivity contribution in [2.75, 3.05) is 18.1 Å². The molecule has 0 spiro atoms. The van der Waals surface area contributed by atoms with E-state index < -0.39 is 9.84 Å². The van der Waals surface area contributed by atoms with Gasteiger partial charge in [-0.2, -0.15) is 0 Å². The standard InChI is InChI=1S/C19H21NO5S/c1-2-10-24-17-7-5-15(6-8-17)19(21)20(13-18-4-3-11-25-18)16-9-12-26(22,23)14-16/h2-8,11,16H,1,9-10,12-14H2/t16-/m1/s1. The van der Waals surface area contributed by atoms with Gasteiger partial charge in [0, 0.05) is 11.6 Å². The van der Waals surface area contributed by atoms with E-state index in [0.29, 0.717) is 30.1 Å². The number of benzene rings is 1. The summed E-state index contributed by atoms with van der Waals surface area (Å²) in [6.45, 7) is 4.22. The first-order chi connectivity index (χ1) is 12.5. The second-order valence-electron chi connectivity index (χ2n) is 6.19. The normalized spacial score (nSPS) is 18.4. The molecule has 1 aliphatic rings. The van der Waals surface area contributed by atoms with Crippen molar-refractivity contribution in [3.05, 3.63) is 66.6 Å². The molecule has 0 N–H and O–H groups in total. The van der Waals surface area contributed by atoms with Crippen molar-refractivity contribution in [3.63, 3.8) is 0 Å². The van der Waals surface area contributed by atoms with Crippen molar-refractivity contribution in [3.8, 4) is 5.75 Å². The number of ether oxygens (including phenoxy) is 1. The lowest BCUT2D eigenvalue weighted by Gasteiger charge is -2.27. The zero-order valence-electron chi connectivity index (χ0n) is 14.3. The summed E-state index contributed by atoms with van der Waals surface area (Å²) in [5, 5.41) is 0. The third-order valence-electron chi connectivity index (χ3n) is 4.29. The van der Waals surface area contributed by atoms with E-state index >= 15 is 0 Å². The Morgan fingerprint density at radius 2 is 2.08 bits per heavy atom. The number of amides is 1. The Balaban J connectivity index is 1.81. The highest BCUT2D eigenvalue weighted by molar-refractivity contribution is 7.91. The summed E-state index contributed by atoms with van der Waals surface area (Å²) in [7, 11) is -3.11. The third-order valence-corrected chi connectivity index (χ3v) is 6.04. The molecular formula is C19H21NO5S. The first-order valence-corrected chi connectivity index (χ1v) is 10.2. The van der Waals surface area contributed by atoms with Gasteiger partial charge >= 0.3 is 0 Å². The molecule has 0 aliphatic carbocycles. The first kappa shape index (κ1) is 18.3. The molecule has 1 saturated heterocycles. The van der Waals surface area contributed by atoms with Crippen LogP contribution in [-0.2, 0) is 16.4 Å². The predicted octanol–water partition coefficient (Wildman–Crippen LogP) is 2.67. The summed E-state index contributed by atoms with van der Waals surface area (Å²) in [4.78, 5) is 14.6. The molecule has 1 atom stereocenters. The highest BCUT2D eigenvalue weighted by Gasteiger charge is 2.35. The number of furan rings is 1. The van der Waals surface area contributed by atoms with Crippen LogP contribution in [0.1, 0.15) is 22.5 Å². The second-order valence-corrected chi connectivity index (χ2v) is 8.42. The molecule has 7 heteroatoms. The molecule has 1 fully saturated rings. The monoisotopic (exact) mass is 375 g/mol. The maximum atomic E-state index is 13.0. The lowest BCUT2D eigenvalue weighted by molar-refractivity contribution is 0.0666. The lowest BCUT2D eigenvalue weighted by atomic mass is 10.1. The van der Waals surface area contributed by atoms with Crippen molar-refractivity contribution >= 4 is 15.7 Å².